The van der Waals surface area contributed by atoms with Crippen LogP contribution in [0.1, 0.15) is 29.4 Å². The monoisotopic (exact) mass is 347 g/mol. The number of hydrogen-bond donors (Lipinski definition) is 1. The van der Waals surface area contributed by atoms with Gasteiger partial charge in [0.25, 0.3) is 15.9 Å². The Hall–Kier alpha value is -2.28. The molecular formula is C17H21N3O3S. The molecule has 1 aliphatic heterocycles. The second-order valence-electron chi connectivity index (χ2n) is 5.97. The molecule has 1 aromatic heterocycles. The minimum atomic E-state index is -3.72. The minimum absolute atomic E-state index is 0.111. The zero-order chi connectivity index (χ0) is 17.3. The Kier molecular flexibility index (Phi) is 4.36. The first-order chi connectivity index (χ1) is 11.4. The third-order valence-electron chi connectivity index (χ3n) is 4.18. The summed E-state index contributed by atoms with van der Waals surface area (Å²) in [5, 5.41) is 0. The summed E-state index contributed by atoms with van der Waals surface area (Å²) in [6.45, 7) is 5.77. The van der Waals surface area contributed by atoms with E-state index in [9.17, 15) is 13.2 Å². The van der Waals surface area contributed by atoms with E-state index in [2.05, 4.69) is 4.72 Å². The lowest BCUT2D eigenvalue weighted by atomic mass is 10.2. The minimum Gasteiger partial charge on any atom is -0.340 e. The number of fused-ring (bicyclic) bond motifs is 1. The highest BCUT2D eigenvalue weighted by Gasteiger charge is 2.28. The van der Waals surface area contributed by atoms with Crippen LogP contribution in [0.2, 0.25) is 0 Å². The number of anilines is 1. The molecule has 0 atom stereocenters. The Bertz CT molecular complexity index is 871. The number of rotatable bonds is 5. The van der Waals surface area contributed by atoms with Crippen LogP contribution in [0.15, 0.2) is 41.4 Å². The number of para-hydroxylation sites is 1. The molecule has 0 aliphatic carbocycles. The van der Waals surface area contributed by atoms with E-state index in [4.69, 9.17) is 0 Å². The molecule has 128 valence electrons. The molecule has 1 aromatic carbocycles. The molecule has 3 rings (SSSR count). The molecule has 0 spiro atoms. The fraction of sp³-hybridized carbons (Fsp3) is 0.353. The number of sulfonamides is 1. The lowest BCUT2D eigenvalue weighted by Gasteiger charge is -2.27. The van der Waals surface area contributed by atoms with Crippen molar-refractivity contribution in [3.8, 4) is 0 Å². The van der Waals surface area contributed by atoms with Gasteiger partial charge in [0.1, 0.15) is 10.6 Å². The number of nitrogens with one attached hydrogen (secondary N) is 1. The summed E-state index contributed by atoms with van der Waals surface area (Å²) in [5.74, 6) is -0.111. The number of amides is 1. The van der Waals surface area contributed by atoms with Crippen LogP contribution in [0.4, 0.5) is 5.69 Å². The van der Waals surface area contributed by atoms with E-state index in [-0.39, 0.29) is 10.8 Å². The van der Waals surface area contributed by atoms with E-state index in [0.717, 1.165) is 12.0 Å². The number of benzene rings is 1. The zero-order valence-corrected chi connectivity index (χ0v) is 14.6. The summed E-state index contributed by atoms with van der Waals surface area (Å²) in [7, 11) is -3.72. The maximum absolute atomic E-state index is 12.6. The summed E-state index contributed by atoms with van der Waals surface area (Å²) >= 11 is 0. The first-order valence-electron chi connectivity index (χ1n) is 8.00. The van der Waals surface area contributed by atoms with E-state index in [1.807, 2.05) is 26.0 Å². The van der Waals surface area contributed by atoms with Gasteiger partial charge in [0.2, 0.25) is 0 Å². The van der Waals surface area contributed by atoms with Crippen LogP contribution in [0, 0.1) is 6.92 Å². The summed E-state index contributed by atoms with van der Waals surface area (Å²) in [6.07, 6.45) is 2.42. The van der Waals surface area contributed by atoms with Crippen LogP contribution in [0.25, 0.3) is 0 Å². The molecule has 2 aromatic rings. The maximum Gasteiger partial charge on any atom is 0.270 e. The van der Waals surface area contributed by atoms with Crippen molar-refractivity contribution in [2.45, 2.75) is 31.7 Å². The molecule has 0 radical (unpaired) electrons. The van der Waals surface area contributed by atoms with E-state index in [1.54, 1.807) is 21.6 Å². The van der Waals surface area contributed by atoms with E-state index < -0.39 is 10.0 Å². The standard InChI is InChI=1S/C17H21N3O3S/c1-3-8-19-9-10-20-12-14(11-16(20)17(19)21)24(22,23)18-15-7-5-4-6-13(15)2/h4-7,11-12,18H,3,8-10H2,1-2H3. The molecule has 1 N–H and O–H groups in total. The first kappa shape index (κ1) is 16.6. The van der Waals surface area contributed by atoms with Crippen molar-refractivity contribution in [1.82, 2.24) is 9.47 Å². The molecule has 0 fully saturated rings. The molecule has 0 saturated carbocycles. The van der Waals surface area contributed by atoms with Crippen LogP contribution in [-0.2, 0) is 16.6 Å². The lowest BCUT2D eigenvalue weighted by molar-refractivity contribution is 0.0705. The summed E-state index contributed by atoms with van der Waals surface area (Å²) in [5.41, 5.74) is 1.82. The fourth-order valence-corrected chi connectivity index (χ4v) is 4.03. The highest BCUT2D eigenvalue weighted by atomic mass is 32.2. The molecule has 0 saturated heterocycles. The predicted molar refractivity (Wildman–Crippen MR) is 92.6 cm³/mol. The van der Waals surface area contributed by atoms with Gasteiger partial charge in [-0.3, -0.25) is 9.52 Å². The van der Waals surface area contributed by atoms with Crippen molar-refractivity contribution in [2.75, 3.05) is 17.8 Å². The Morgan fingerprint density at radius 1 is 1.21 bits per heavy atom. The molecular weight excluding hydrogens is 326 g/mol. The Morgan fingerprint density at radius 2 is 1.96 bits per heavy atom. The summed E-state index contributed by atoms with van der Waals surface area (Å²) in [6, 6.07) is 8.66. The van der Waals surface area contributed by atoms with E-state index >= 15 is 0 Å². The van der Waals surface area contributed by atoms with Gasteiger partial charge in [-0.1, -0.05) is 25.1 Å². The summed E-state index contributed by atoms with van der Waals surface area (Å²) < 4.78 is 29.6. The van der Waals surface area contributed by atoms with Gasteiger partial charge in [-0.2, -0.15) is 0 Å². The zero-order valence-electron chi connectivity index (χ0n) is 13.8. The fourth-order valence-electron chi connectivity index (χ4n) is 2.86. The van der Waals surface area contributed by atoms with Crippen LogP contribution in [-0.4, -0.2) is 36.9 Å². The van der Waals surface area contributed by atoms with Crippen molar-refractivity contribution < 1.29 is 13.2 Å². The lowest BCUT2D eigenvalue weighted by Crippen LogP contribution is -2.40. The second-order valence-corrected chi connectivity index (χ2v) is 7.65. The number of nitrogens with zero attached hydrogens (tertiary/aromatic N) is 2. The largest absolute Gasteiger partial charge is 0.340 e. The summed E-state index contributed by atoms with van der Waals surface area (Å²) in [4.78, 5) is 14.3. The number of aromatic nitrogens is 1. The van der Waals surface area contributed by atoms with Gasteiger partial charge in [0.15, 0.2) is 0 Å². The Labute approximate surface area is 142 Å². The highest BCUT2D eigenvalue weighted by molar-refractivity contribution is 7.92. The molecule has 1 amide bonds. The van der Waals surface area contributed by atoms with Crippen LogP contribution in [0.5, 0.6) is 0 Å². The number of carbonyl (C=O) groups is 1. The van der Waals surface area contributed by atoms with Crippen molar-refractivity contribution in [3.63, 3.8) is 0 Å². The smallest absolute Gasteiger partial charge is 0.270 e. The third-order valence-corrected chi connectivity index (χ3v) is 5.51. The molecule has 6 nitrogen and oxygen atoms in total. The Balaban J connectivity index is 1.90. The van der Waals surface area contributed by atoms with Crippen LogP contribution in [0.3, 0.4) is 0 Å². The van der Waals surface area contributed by atoms with Gasteiger partial charge in [0.05, 0.1) is 5.69 Å². The van der Waals surface area contributed by atoms with Crippen molar-refractivity contribution >= 4 is 21.6 Å². The van der Waals surface area contributed by atoms with Crippen LogP contribution < -0.4 is 4.72 Å². The first-order valence-corrected chi connectivity index (χ1v) is 9.48. The van der Waals surface area contributed by atoms with Gasteiger partial charge < -0.3 is 9.47 Å². The number of carbonyl (C=O) groups excluding carboxylic acids is 1. The second kappa shape index (κ2) is 6.32. The van der Waals surface area contributed by atoms with Gasteiger partial charge in [-0.25, -0.2) is 8.42 Å². The van der Waals surface area contributed by atoms with E-state index in [1.165, 1.54) is 12.3 Å². The molecule has 0 unspecified atom stereocenters. The van der Waals surface area contributed by atoms with Gasteiger partial charge in [-0.05, 0) is 31.0 Å². The number of aryl methyl sites for hydroxylation is 1. The average Bonchev–Trinajstić information content (AvgIpc) is 2.98. The predicted octanol–water partition coefficient (Wildman–Crippen LogP) is 2.46. The maximum atomic E-state index is 12.6. The third kappa shape index (κ3) is 3.03. The molecule has 7 heteroatoms. The van der Waals surface area contributed by atoms with Crippen molar-refractivity contribution in [2.24, 2.45) is 0 Å². The van der Waals surface area contributed by atoms with Crippen molar-refractivity contribution in [3.05, 3.63) is 47.8 Å². The van der Waals surface area contributed by atoms with Crippen LogP contribution >= 0.6 is 0 Å². The topological polar surface area (TPSA) is 71.4 Å². The average molecular weight is 347 g/mol. The molecule has 2 heterocycles. The Morgan fingerprint density at radius 3 is 2.67 bits per heavy atom. The van der Waals surface area contributed by atoms with Gasteiger partial charge in [-0.15, -0.1) is 0 Å². The molecule has 0 bridgehead atoms. The number of hydrogen-bond acceptors (Lipinski definition) is 3. The SMILES string of the molecule is CCCN1CCn2cc(S(=O)(=O)Nc3ccccc3C)cc2C1=O. The van der Waals surface area contributed by atoms with E-state index in [0.29, 0.717) is 31.0 Å². The molecule has 1 aliphatic rings. The van der Waals surface area contributed by atoms with Gasteiger partial charge >= 0.3 is 0 Å². The quantitative estimate of drug-likeness (QED) is 0.903. The normalized spacial score (nSPS) is 14.6. The molecule has 24 heavy (non-hydrogen) atoms. The highest BCUT2D eigenvalue weighted by Crippen LogP contribution is 2.23. The van der Waals surface area contributed by atoms with Gasteiger partial charge in [0, 0.05) is 25.8 Å². The van der Waals surface area contributed by atoms with Crippen molar-refractivity contribution in [1.29, 1.82) is 0 Å².